The number of hydrogen-bond donors (Lipinski definition) is 0. The summed E-state index contributed by atoms with van der Waals surface area (Å²) in [6.45, 7) is 17.1. The Labute approximate surface area is 338 Å². The Morgan fingerprint density at radius 1 is 0.607 bits per heavy atom. The molecule has 0 bridgehead atoms. The fourth-order valence-electron chi connectivity index (χ4n) is 9.50. The molecule has 4 fully saturated rings. The van der Waals surface area contributed by atoms with Crippen molar-refractivity contribution in [2.45, 2.75) is 63.5 Å². The number of hydrogen-bond acceptors (Lipinski definition) is 8. The largest absolute Gasteiger partial charge is 0.377 e. The molecule has 8 heterocycles. The molecule has 0 spiro atoms. The molecule has 56 heavy (non-hydrogen) atoms. The number of fused-ring (bicyclic) bond motifs is 2. The molecule has 6 aromatic rings. The van der Waals surface area contributed by atoms with E-state index in [0.29, 0.717) is 23.7 Å². The predicted octanol–water partition coefficient (Wildman–Crippen LogP) is 7.25. The van der Waals surface area contributed by atoms with Gasteiger partial charge >= 0.3 is 0 Å². The van der Waals surface area contributed by atoms with Crippen LogP contribution in [0.1, 0.15) is 63.5 Å². The zero-order valence-electron chi connectivity index (χ0n) is 33.2. The number of halogens is 2. The fraction of sp³-hybridized carbons (Fsp3) is 0.524. The van der Waals surface area contributed by atoms with E-state index in [0.717, 1.165) is 109 Å². The van der Waals surface area contributed by atoms with Gasteiger partial charge in [0, 0.05) is 48.0 Å². The van der Waals surface area contributed by atoms with E-state index >= 15 is 0 Å². The summed E-state index contributed by atoms with van der Waals surface area (Å²) in [7, 11) is 3.83. The zero-order valence-corrected chi connectivity index (χ0v) is 34.7. The molecule has 12 nitrogen and oxygen atoms in total. The second kappa shape index (κ2) is 14.6. The van der Waals surface area contributed by atoms with Gasteiger partial charge in [0.1, 0.15) is 11.4 Å². The maximum atomic E-state index is 6.74. The van der Waals surface area contributed by atoms with E-state index in [-0.39, 0.29) is 11.1 Å². The monoisotopic (exact) mass is 798 g/mol. The number of piperidine rings is 2. The molecule has 296 valence electrons. The van der Waals surface area contributed by atoms with Gasteiger partial charge in [-0.1, -0.05) is 37.0 Å². The third kappa shape index (κ3) is 6.75. The maximum absolute atomic E-state index is 6.74. The molecule has 0 amide bonds. The van der Waals surface area contributed by atoms with Gasteiger partial charge < -0.3 is 9.47 Å². The van der Waals surface area contributed by atoms with Crippen molar-refractivity contribution in [1.29, 1.82) is 0 Å². The molecule has 0 saturated carbocycles. The van der Waals surface area contributed by atoms with Crippen LogP contribution in [0.25, 0.3) is 33.2 Å². The first-order valence-corrected chi connectivity index (χ1v) is 20.6. The molecule has 0 radical (unpaired) electrons. The van der Waals surface area contributed by atoms with Crippen molar-refractivity contribution in [3.05, 3.63) is 82.6 Å². The Bertz CT molecular complexity index is 2210. The fourth-order valence-corrected chi connectivity index (χ4v) is 10.1. The maximum Gasteiger partial charge on any atom is 0.103 e. The molecule has 2 unspecified atom stereocenters. The Morgan fingerprint density at radius 3 is 1.34 bits per heavy atom. The third-order valence-corrected chi connectivity index (χ3v) is 13.7. The molecule has 4 aliphatic heterocycles. The lowest BCUT2D eigenvalue weighted by molar-refractivity contribution is -0.141. The zero-order chi connectivity index (χ0) is 38.9. The number of aromatic nitrogens is 8. The summed E-state index contributed by atoms with van der Waals surface area (Å²) in [5, 5.41) is 21.5. The summed E-state index contributed by atoms with van der Waals surface area (Å²) in [4.78, 5) is 5.20. The van der Waals surface area contributed by atoms with Gasteiger partial charge in [-0.05, 0) is 98.8 Å². The van der Waals surface area contributed by atoms with Gasteiger partial charge in [0.25, 0.3) is 0 Å². The molecule has 4 aromatic heterocycles. The van der Waals surface area contributed by atoms with Crippen LogP contribution in [0.15, 0.2) is 61.4 Å². The first kappa shape index (κ1) is 37.8. The highest BCUT2D eigenvalue weighted by Gasteiger charge is 2.44. The lowest BCUT2D eigenvalue weighted by atomic mass is 9.79. The number of rotatable bonds is 6. The molecule has 14 heteroatoms. The molecule has 4 atom stereocenters. The van der Waals surface area contributed by atoms with E-state index in [4.69, 9.17) is 32.7 Å². The summed E-state index contributed by atoms with van der Waals surface area (Å²) < 4.78 is 18.4. The van der Waals surface area contributed by atoms with Gasteiger partial charge in [0.15, 0.2) is 0 Å². The molecule has 10 rings (SSSR count). The second-order valence-electron chi connectivity index (χ2n) is 17.3. The van der Waals surface area contributed by atoms with Gasteiger partial charge in [0.2, 0.25) is 0 Å². The van der Waals surface area contributed by atoms with Crippen molar-refractivity contribution in [1.82, 2.24) is 48.9 Å². The highest BCUT2D eigenvalue weighted by Crippen LogP contribution is 2.43. The number of benzene rings is 2. The van der Waals surface area contributed by atoms with E-state index in [1.807, 2.05) is 60.6 Å². The number of nitrogens with zero attached hydrogens (tertiary/aromatic N) is 10. The number of likely N-dealkylation sites (tertiary alicyclic amines) is 2. The Balaban J connectivity index is 0.000000146. The smallest absolute Gasteiger partial charge is 0.103 e. The van der Waals surface area contributed by atoms with Crippen molar-refractivity contribution in [3.8, 4) is 11.4 Å². The van der Waals surface area contributed by atoms with Crippen LogP contribution >= 0.6 is 23.2 Å². The van der Waals surface area contributed by atoms with Crippen LogP contribution < -0.4 is 0 Å². The van der Waals surface area contributed by atoms with E-state index in [1.54, 1.807) is 9.36 Å². The standard InChI is InChI=1S/2C21H26ClN5O/c2*1-14-10-26(21(2)12-28-13-21)5-4-17(14)18-7-20-15(6-19(18)22)8-24-27(20)16-9-23-25(3)11-16/h2*6-9,11,14,17H,4-5,10,12-13H2,1-3H3/t2*14-,17?/m00/s1. The number of aryl methyl sites for hydroxylation is 2. The highest BCUT2D eigenvalue weighted by atomic mass is 35.5. The average Bonchev–Trinajstić information content (AvgIpc) is 3.96. The van der Waals surface area contributed by atoms with Crippen LogP contribution in [-0.4, -0.2) is 113 Å². The van der Waals surface area contributed by atoms with Crippen molar-refractivity contribution in [3.63, 3.8) is 0 Å². The van der Waals surface area contributed by atoms with Gasteiger partial charge in [-0.3, -0.25) is 19.2 Å². The topological polar surface area (TPSA) is 96.2 Å². The predicted molar refractivity (Wildman–Crippen MR) is 220 cm³/mol. The molecule has 2 aromatic carbocycles. The molecule has 0 N–H and O–H groups in total. The van der Waals surface area contributed by atoms with Crippen LogP contribution in [0.4, 0.5) is 0 Å². The normalized spacial score (nSPS) is 25.1. The lowest BCUT2D eigenvalue weighted by Gasteiger charge is -2.51. The van der Waals surface area contributed by atoms with Crippen LogP contribution in [0.3, 0.4) is 0 Å². The van der Waals surface area contributed by atoms with E-state index in [2.05, 4.69) is 82.2 Å². The average molecular weight is 800 g/mol. The Hall–Kier alpha value is -3.78. The quantitative estimate of drug-likeness (QED) is 0.174. The third-order valence-electron chi connectivity index (χ3n) is 13.0. The Morgan fingerprint density at radius 2 is 1.02 bits per heavy atom. The van der Waals surface area contributed by atoms with E-state index < -0.39 is 0 Å². The summed E-state index contributed by atoms with van der Waals surface area (Å²) in [6, 6.07) is 8.60. The summed E-state index contributed by atoms with van der Waals surface area (Å²) in [6.07, 6.45) is 13.6. The van der Waals surface area contributed by atoms with Gasteiger partial charge in [-0.15, -0.1) is 0 Å². The van der Waals surface area contributed by atoms with Gasteiger partial charge in [-0.25, -0.2) is 9.36 Å². The van der Waals surface area contributed by atoms with Crippen molar-refractivity contribution in [2.24, 2.45) is 25.9 Å². The van der Waals surface area contributed by atoms with Gasteiger partial charge in [-0.2, -0.15) is 20.4 Å². The molecule has 4 saturated heterocycles. The minimum Gasteiger partial charge on any atom is -0.377 e. The van der Waals surface area contributed by atoms with Crippen molar-refractivity contribution in [2.75, 3.05) is 52.6 Å². The summed E-state index contributed by atoms with van der Waals surface area (Å²) in [5.74, 6) is 1.98. The van der Waals surface area contributed by atoms with Crippen LogP contribution in [0, 0.1) is 11.8 Å². The highest BCUT2D eigenvalue weighted by molar-refractivity contribution is 6.32. The van der Waals surface area contributed by atoms with Crippen molar-refractivity contribution < 1.29 is 9.47 Å². The first-order chi connectivity index (χ1) is 26.9. The summed E-state index contributed by atoms with van der Waals surface area (Å²) in [5.41, 5.74) is 7.00. The Kier molecular flexibility index (Phi) is 9.82. The van der Waals surface area contributed by atoms with Crippen LogP contribution in [-0.2, 0) is 23.6 Å². The summed E-state index contributed by atoms with van der Waals surface area (Å²) >= 11 is 13.5. The minimum absolute atomic E-state index is 0.214. The van der Waals surface area contributed by atoms with Crippen LogP contribution in [0.5, 0.6) is 0 Å². The SMILES string of the molecule is C[C@H]1CN(C2(C)COC2)CCC1c1cc2c(cnn2-c2cnn(C)c2)cc1Cl.C[C@H]1CN(C2(C)COC2)CCC1c1cc2c(cnn2-c2cnn(C)c2)cc1Cl. The van der Waals surface area contributed by atoms with Crippen LogP contribution in [0.2, 0.25) is 10.0 Å². The van der Waals surface area contributed by atoms with Crippen molar-refractivity contribution >= 4 is 45.0 Å². The first-order valence-electron chi connectivity index (χ1n) is 19.9. The second-order valence-corrected chi connectivity index (χ2v) is 18.2. The lowest BCUT2D eigenvalue weighted by Crippen LogP contribution is -2.62. The molecular formula is C42H52Cl2N10O2. The van der Waals surface area contributed by atoms with E-state index in [1.165, 1.54) is 11.1 Å². The molecule has 0 aliphatic carbocycles. The molecular weight excluding hydrogens is 747 g/mol. The minimum atomic E-state index is 0.214. The van der Waals surface area contributed by atoms with Gasteiger partial charge in [0.05, 0.1) is 85.7 Å². The molecule has 4 aliphatic rings. The number of ether oxygens (including phenoxy) is 2. The van der Waals surface area contributed by atoms with E-state index in [9.17, 15) is 0 Å².